The number of hydrogen-bond donors (Lipinski definition) is 7. The standard InChI is InChI=1S/C31H38O15/c1-14(32)27-29(44-22(36)9-6-16-4-7-18(33)20(35)12-16)28(46-31-25(39)24(38)23(37)15(2)43-31)26(40)30(45-27)42-11-10-17-5-8-19(34)21(13-17)41-3/h4-9,12-13,15,23-31,33-35,37-40H,10-11H2,1-3H3. The maximum absolute atomic E-state index is 12.9. The third kappa shape index (κ3) is 8.12. The van der Waals surface area contributed by atoms with E-state index in [-0.39, 0.29) is 30.3 Å². The van der Waals surface area contributed by atoms with Gasteiger partial charge in [-0.05, 0) is 61.7 Å². The maximum Gasteiger partial charge on any atom is 0.331 e. The van der Waals surface area contributed by atoms with Gasteiger partial charge in [-0.15, -0.1) is 0 Å². The zero-order chi connectivity index (χ0) is 33.7. The van der Waals surface area contributed by atoms with Crippen LogP contribution in [0.5, 0.6) is 23.0 Å². The fourth-order valence-electron chi connectivity index (χ4n) is 5.01. The predicted octanol–water partition coefficient (Wildman–Crippen LogP) is -0.116. The maximum atomic E-state index is 12.9. The highest BCUT2D eigenvalue weighted by atomic mass is 16.7. The predicted molar refractivity (Wildman–Crippen MR) is 156 cm³/mol. The quantitative estimate of drug-likeness (QED) is 0.0955. The van der Waals surface area contributed by atoms with Crippen LogP contribution < -0.4 is 4.74 Å². The summed E-state index contributed by atoms with van der Waals surface area (Å²) in [4.78, 5) is 25.7. The number of hydrogen-bond acceptors (Lipinski definition) is 15. The smallest absolute Gasteiger partial charge is 0.331 e. The molecule has 2 aliphatic heterocycles. The molecule has 10 unspecified atom stereocenters. The zero-order valence-corrected chi connectivity index (χ0v) is 25.2. The summed E-state index contributed by atoms with van der Waals surface area (Å²) in [6.45, 7) is 2.52. The van der Waals surface area contributed by atoms with Crippen LogP contribution in [-0.2, 0) is 39.7 Å². The number of carbonyl (C=O) groups is 2. The Hall–Kier alpha value is -3.80. The second-order valence-electron chi connectivity index (χ2n) is 10.9. The first-order chi connectivity index (χ1) is 21.8. The highest BCUT2D eigenvalue weighted by molar-refractivity contribution is 5.88. The van der Waals surface area contributed by atoms with Gasteiger partial charge in [0, 0.05) is 6.08 Å². The van der Waals surface area contributed by atoms with Gasteiger partial charge in [0.2, 0.25) is 0 Å². The first-order valence-electron chi connectivity index (χ1n) is 14.4. The Morgan fingerprint density at radius 2 is 1.57 bits per heavy atom. The molecule has 2 aromatic rings. The number of phenolic OH excluding ortho intramolecular Hbond substituents is 3. The van der Waals surface area contributed by atoms with Crippen molar-refractivity contribution in [2.75, 3.05) is 13.7 Å². The van der Waals surface area contributed by atoms with Crippen LogP contribution in [0.4, 0.5) is 0 Å². The molecule has 0 aromatic heterocycles. The van der Waals surface area contributed by atoms with Crippen LogP contribution in [0.15, 0.2) is 42.5 Å². The normalized spacial score (nSPS) is 31.5. The Labute approximate surface area is 263 Å². The van der Waals surface area contributed by atoms with Gasteiger partial charge in [-0.1, -0.05) is 12.1 Å². The Morgan fingerprint density at radius 3 is 2.24 bits per heavy atom. The molecule has 4 rings (SSSR count). The van der Waals surface area contributed by atoms with Crippen molar-refractivity contribution >= 4 is 17.8 Å². The largest absolute Gasteiger partial charge is 0.504 e. The van der Waals surface area contributed by atoms with Crippen molar-refractivity contribution in [3.63, 3.8) is 0 Å². The van der Waals surface area contributed by atoms with Gasteiger partial charge >= 0.3 is 5.97 Å². The summed E-state index contributed by atoms with van der Waals surface area (Å²) in [5.41, 5.74) is 1.03. The number of ether oxygens (including phenoxy) is 6. The molecule has 252 valence electrons. The van der Waals surface area contributed by atoms with Crippen LogP contribution in [0.1, 0.15) is 25.0 Å². The number of aromatic hydroxyl groups is 3. The molecule has 0 spiro atoms. The minimum atomic E-state index is -1.79. The highest BCUT2D eigenvalue weighted by Gasteiger charge is 2.53. The number of methoxy groups -OCH3 is 1. The van der Waals surface area contributed by atoms with Crippen molar-refractivity contribution in [2.24, 2.45) is 0 Å². The van der Waals surface area contributed by atoms with E-state index >= 15 is 0 Å². The van der Waals surface area contributed by atoms with Crippen LogP contribution in [0.25, 0.3) is 6.08 Å². The van der Waals surface area contributed by atoms with Crippen molar-refractivity contribution in [3.05, 3.63) is 53.6 Å². The summed E-state index contributed by atoms with van der Waals surface area (Å²) in [5, 5.41) is 71.4. The van der Waals surface area contributed by atoms with Gasteiger partial charge in [-0.25, -0.2) is 4.79 Å². The Morgan fingerprint density at radius 1 is 0.848 bits per heavy atom. The monoisotopic (exact) mass is 650 g/mol. The molecule has 0 saturated carbocycles. The number of benzene rings is 2. The van der Waals surface area contributed by atoms with E-state index in [0.717, 1.165) is 13.0 Å². The molecule has 2 fully saturated rings. The van der Waals surface area contributed by atoms with Gasteiger partial charge in [0.05, 0.1) is 19.8 Å². The molecule has 0 aliphatic carbocycles. The summed E-state index contributed by atoms with van der Waals surface area (Å²) in [5.74, 6) is -2.24. The van der Waals surface area contributed by atoms with E-state index < -0.39 is 78.9 Å². The Bertz CT molecular complexity index is 1400. The highest BCUT2D eigenvalue weighted by Crippen LogP contribution is 2.32. The van der Waals surface area contributed by atoms with Crippen LogP contribution in [-0.4, -0.2) is 123 Å². The lowest BCUT2D eigenvalue weighted by molar-refractivity contribution is -0.352. The molecule has 2 saturated heterocycles. The molecule has 0 radical (unpaired) electrons. The molecule has 15 nitrogen and oxygen atoms in total. The second kappa shape index (κ2) is 15.2. The number of phenols is 3. The lowest BCUT2D eigenvalue weighted by Gasteiger charge is -2.46. The van der Waals surface area contributed by atoms with Crippen LogP contribution >= 0.6 is 0 Å². The number of rotatable bonds is 11. The average Bonchev–Trinajstić information content (AvgIpc) is 3.02. The van der Waals surface area contributed by atoms with E-state index in [4.69, 9.17) is 28.4 Å². The number of esters is 1. The first kappa shape index (κ1) is 35.1. The first-order valence-corrected chi connectivity index (χ1v) is 14.4. The van der Waals surface area contributed by atoms with E-state index in [1.165, 1.54) is 44.4 Å². The lowest BCUT2D eigenvalue weighted by atomic mass is 9.95. The SMILES string of the molecule is COc1cc(CCOC2OC(C(C)=O)C(OC(=O)C=Cc3ccc(O)c(O)c3)C(OC3OC(C)C(O)C(O)C3O)C2O)ccc1O. The van der Waals surface area contributed by atoms with Gasteiger partial charge in [0.25, 0.3) is 0 Å². The van der Waals surface area contributed by atoms with E-state index in [1.807, 2.05) is 0 Å². The Balaban J connectivity index is 1.56. The third-order valence-electron chi connectivity index (χ3n) is 7.60. The minimum Gasteiger partial charge on any atom is -0.504 e. The summed E-state index contributed by atoms with van der Waals surface area (Å²) < 4.78 is 33.5. The lowest BCUT2D eigenvalue weighted by Crippen LogP contribution is -2.65. The van der Waals surface area contributed by atoms with E-state index in [9.17, 15) is 45.3 Å². The summed E-state index contributed by atoms with van der Waals surface area (Å²) in [6, 6.07) is 8.48. The van der Waals surface area contributed by atoms with Gasteiger partial charge in [0.15, 0.2) is 53.6 Å². The zero-order valence-electron chi connectivity index (χ0n) is 25.2. The molecular weight excluding hydrogens is 612 g/mol. The number of carbonyl (C=O) groups excluding carboxylic acids is 2. The van der Waals surface area contributed by atoms with Crippen molar-refractivity contribution in [1.82, 2.24) is 0 Å². The molecular formula is C31H38O15. The fourth-order valence-corrected chi connectivity index (χ4v) is 5.01. The minimum absolute atomic E-state index is 0.0514. The molecule has 2 heterocycles. The van der Waals surface area contributed by atoms with Crippen LogP contribution in [0.3, 0.4) is 0 Å². The number of aliphatic hydroxyl groups excluding tert-OH is 4. The van der Waals surface area contributed by atoms with Crippen molar-refractivity contribution in [2.45, 2.75) is 81.7 Å². The molecule has 15 heteroatoms. The van der Waals surface area contributed by atoms with Gasteiger partial charge < -0.3 is 64.2 Å². The molecule has 0 bridgehead atoms. The fraction of sp³-hybridized carbons (Fsp3) is 0.484. The number of ketones is 1. The number of aliphatic hydroxyl groups is 4. The van der Waals surface area contributed by atoms with Gasteiger partial charge in [0.1, 0.15) is 30.5 Å². The summed E-state index contributed by atoms with van der Waals surface area (Å²) >= 11 is 0. The van der Waals surface area contributed by atoms with Crippen LogP contribution in [0.2, 0.25) is 0 Å². The Kier molecular flexibility index (Phi) is 11.6. The van der Waals surface area contributed by atoms with E-state index in [1.54, 1.807) is 12.1 Å². The molecule has 10 atom stereocenters. The van der Waals surface area contributed by atoms with Crippen molar-refractivity contribution in [1.29, 1.82) is 0 Å². The third-order valence-corrected chi connectivity index (χ3v) is 7.60. The molecule has 2 aliphatic rings. The van der Waals surface area contributed by atoms with Crippen molar-refractivity contribution < 1.29 is 73.8 Å². The molecule has 7 N–H and O–H groups in total. The van der Waals surface area contributed by atoms with Crippen LogP contribution in [0, 0.1) is 0 Å². The molecule has 0 amide bonds. The second-order valence-corrected chi connectivity index (χ2v) is 10.9. The summed E-state index contributed by atoms with van der Waals surface area (Å²) in [6.07, 6.45) is -13.1. The topological polar surface area (TPSA) is 231 Å². The van der Waals surface area contributed by atoms with E-state index in [2.05, 4.69) is 0 Å². The van der Waals surface area contributed by atoms with Gasteiger partial charge in [-0.2, -0.15) is 0 Å². The number of Topliss-reactive ketones (excluding diaryl/α,β-unsaturated/α-hetero) is 1. The average molecular weight is 651 g/mol. The molecule has 46 heavy (non-hydrogen) atoms. The van der Waals surface area contributed by atoms with E-state index in [0.29, 0.717) is 11.1 Å². The molecule has 2 aromatic carbocycles. The van der Waals surface area contributed by atoms with Gasteiger partial charge in [-0.3, -0.25) is 4.79 Å². The van der Waals surface area contributed by atoms with Crippen molar-refractivity contribution in [3.8, 4) is 23.0 Å². The summed E-state index contributed by atoms with van der Waals surface area (Å²) in [7, 11) is 1.40.